The standard InChI is InChI=1S/C21H19NO4/c1-12-7-16-18(8-13(12)2)25-11-15(19(16)23)6-5-14-9-21(3,4)26-20(24)17(14)10-22/h5-8,11H,9H2,1-4H3/b6-5+. The van der Waals surface area contributed by atoms with Crippen LogP contribution < -0.4 is 5.43 Å². The third kappa shape index (κ3) is 3.18. The van der Waals surface area contributed by atoms with E-state index in [4.69, 9.17) is 9.15 Å². The number of carbonyl (C=O) groups excluding carboxylic acids is 1. The molecule has 3 rings (SSSR count). The summed E-state index contributed by atoms with van der Waals surface area (Å²) in [5.41, 5.74) is 2.64. The van der Waals surface area contributed by atoms with Gasteiger partial charge in [0.25, 0.3) is 0 Å². The number of carbonyl (C=O) groups is 1. The van der Waals surface area contributed by atoms with Crippen molar-refractivity contribution in [2.75, 3.05) is 0 Å². The van der Waals surface area contributed by atoms with Gasteiger partial charge in [-0.2, -0.15) is 5.26 Å². The van der Waals surface area contributed by atoms with E-state index in [9.17, 15) is 14.9 Å². The smallest absolute Gasteiger partial charge is 0.349 e. The number of nitrogens with zero attached hydrogens (tertiary/aromatic N) is 1. The topological polar surface area (TPSA) is 80.3 Å². The lowest BCUT2D eigenvalue weighted by atomic mass is 9.91. The Kier molecular flexibility index (Phi) is 4.29. The molecule has 0 spiro atoms. The summed E-state index contributed by atoms with van der Waals surface area (Å²) in [7, 11) is 0. The SMILES string of the molecule is Cc1cc2occ(/C=C/C3=C(C#N)C(=O)OC(C)(C)C3)c(=O)c2cc1C. The zero-order chi connectivity index (χ0) is 19.1. The molecular formula is C21H19NO4. The van der Waals surface area contributed by atoms with Crippen LogP contribution in [0.25, 0.3) is 17.0 Å². The number of hydrogen-bond acceptors (Lipinski definition) is 5. The first kappa shape index (κ1) is 17.7. The molecule has 0 saturated carbocycles. The van der Waals surface area contributed by atoms with Gasteiger partial charge in [0.05, 0.1) is 10.9 Å². The highest BCUT2D eigenvalue weighted by molar-refractivity contribution is 5.95. The molecule has 2 heterocycles. The van der Waals surface area contributed by atoms with E-state index in [1.54, 1.807) is 26.0 Å². The molecule has 0 bridgehead atoms. The molecule has 0 aliphatic carbocycles. The largest absolute Gasteiger partial charge is 0.463 e. The van der Waals surface area contributed by atoms with E-state index >= 15 is 0 Å². The summed E-state index contributed by atoms with van der Waals surface area (Å²) in [6.45, 7) is 7.46. The van der Waals surface area contributed by atoms with Gasteiger partial charge >= 0.3 is 5.97 Å². The normalized spacial score (nSPS) is 16.8. The third-order valence-corrected chi connectivity index (χ3v) is 4.50. The maximum absolute atomic E-state index is 12.7. The summed E-state index contributed by atoms with van der Waals surface area (Å²) in [6.07, 6.45) is 5.01. The number of aryl methyl sites for hydroxylation is 2. The summed E-state index contributed by atoms with van der Waals surface area (Å²) in [5, 5.41) is 9.74. The van der Waals surface area contributed by atoms with Gasteiger partial charge in [-0.05, 0) is 62.6 Å². The Morgan fingerprint density at radius 1 is 1.15 bits per heavy atom. The second-order valence-corrected chi connectivity index (χ2v) is 7.12. The summed E-state index contributed by atoms with van der Waals surface area (Å²) in [5.74, 6) is -0.639. The van der Waals surface area contributed by atoms with Crippen LogP contribution in [0, 0.1) is 25.2 Å². The van der Waals surface area contributed by atoms with Gasteiger partial charge in [-0.1, -0.05) is 6.08 Å². The van der Waals surface area contributed by atoms with Crippen LogP contribution in [0.1, 0.15) is 37.0 Å². The number of cyclic esters (lactones) is 1. The maximum atomic E-state index is 12.7. The number of fused-ring (bicyclic) bond motifs is 1. The second-order valence-electron chi connectivity index (χ2n) is 7.12. The van der Waals surface area contributed by atoms with Crippen molar-refractivity contribution in [3.63, 3.8) is 0 Å². The minimum Gasteiger partial charge on any atom is -0.463 e. The van der Waals surface area contributed by atoms with Gasteiger partial charge in [0.2, 0.25) is 0 Å². The Hall–Kier alpha value is -3.13. The van der Waals surface area contributed by atoms with Gasteiger partial charge in [0.1, 0.15) is 29.1 Å². The van der Waals surface area contributed by atoms with Crippen molar-refractivity contribution in [1.29, 1.82) is 5.26 Å². The van der Waals surface area contributed by atoms with Gasteiger partial charge < -0.3 is 9.15 Å². The molecule has 1 aliphatic rings. The van der Waals surface area contributed by atoms with Crippen molar-refractivity contribution in [3.05, 3.63) is 62.5 Å². The van der Waals surface area contributed by atoms with Gasteiger partial charge in [-0.15, -0.1) is 0 Å². The molecule has 0 N–H and O–H groups in total. The minimum atomic E-state index is -0.695. The molecule has 0 saturated heterocycles. The van der Waals surface area contributed by atoms with E-state index in [1.807, 2.05) is 32.0 Å². The molecule has 1 aromatic carbocycles. The van der Waals surface area contributed by atoms with Crippen LogP contribution in [0.15, 0.2) is 44.8 Å². The fourth-order valence-corrected chi connectivity index (χ4v) is 2.98. The van der Waals surface area contributed by atoms with Crippen LogP contribution in [-0.4, -0.2) is 11.6 Å². The minimum absolute atomic E-state index is 0.0304. The van der Waals surface area contributed by atoms with Crippen molar-refractivity contribution in [2.45, 2.75) is 39.7 Å². The molecule has 1 aliphatic heterocycles. The van der Waals surface area contributed by atoms with Gasteiger partial charge in [-0.3, -0.25) is 4.79 Å². The number of benzene rings is 1. The lowest BCUT2D eigenvalue weighted by molar-refractivity contribution is -0.152. The molecule has 132 valence electrons. The zero-order valence-corrected chi connectivity index (χ0v) is 15.2. The van der Waals surface area contributed by atoms with Gasteiger partial charge in [-0.25, -0.2) is 4.79 Å². The zero-order valence-electron chi connectivity index (χ0n) is 15.2. The summed E-state index contributed by atoms with van der Waals surface area (Å²) >= 11 is 0. The molecule has 26 heavy (non-hydrogen) atoms. The van der Waals surface area contributed by atoms with Crippen molar-refractivity contribution in [1.82, 2.24) is 0 Å². The van der Waals surface area contributed by atoms with Crippen molar-refractivity contribution in [3.8, 4) is 6.07 Å². The van der Waals surface area contributed by atoms with Crippen LogP contribution in [-0.2, 0) is 9.53 Å². The molecule has 0 fully saturated rings. The number of allylic oxidation sites excluding steroid dienone is 1. The quantitative estimate of drug-likeness (QED) is 0.766. The molecule has 5 nitrogen and oxygen atoms in total. The molecule has 5 heteroatoms. The van der Waals surface area contributed by atoms with Crippen LogP contribution in [0.2, 0.25) is 0 Å². The second kappa shape index (κ2) is 6.30. The van der Waals surface area contributed by atoms with Crippen LogP contribution >= 0.6 is 0 Å². The monoisotopic (exact) mass is 349 g/mol. The summed E-state index contributed by atoms with van der Waals surface area (Å²) in [6, 6.07) is 5.55. The molecule has 1 aromatic heterocycles. The molecule has 2 aromatic rings. The highest BCUT2D eigenvalue weighted by Gasteiger charge is 2.33. The summed E-state index contributed by atoms with van der Waals surface area (Å²) < 4.78 is 10.8. The van der Waals surface area contributed by atoms with Gasteiger partial charge in [0, 0.05) is 6.42 Å². The Morgan fingerprint density at radius 2 is 1.85 bits per heavy atom. The lowest BCUT2D eigenvalue weighted by Gasteiger charge is -2.30. The van der Waals surface area contributed by atoms with E-state index in [-0.39, 0.29) is 11.0 Å². The fourth-order valence-electron chi connectivity index (χ4n) is 2.98. The van der Waals surface area contributed by atoms with E-state index in [0.29, 0.717) is 28.5 Å². The Labute approximate surface area is 151 Å². The number of nitriles is 1. The Morgan fingerprint density at radius 3 is 2.54 bits per heavy atom. The van der Waals surface area contributed by atoms with Crippen LogP contribution in [0.3, 0.4) is 0 Å². The lowest BCUT2D eigenvalue weighted by Crippen LogP contribution is -2.33. The third-order valence-electron chi connectivity index (χ3n) is 4.50. The molecule has 0 atom stereocenters. The average Bonchev–Trinajstić information content (AvgIpc) is 2.55. The molecule has 0 amide bonds. The highest BCUT2D eigenvalue weighted by Crippen LogP contribution is 2.30. The van der Waals surface area contributed by atoms with E-state index in [0.717, 1.165) is 11.1 Å². The average molecular weight is 349 g/mol. The highest BCUT2D eigenvalue weighted by atomic mass is 16.6. The van der Waals surface area contributed by atoms with Crippen LogP contribution in [0.5, 0.6) is 0 Å². The van der Waals surface area contributed by atoms with Crippen LogP contribution in [0.4, 0.5) is 0 Å². The van der Waals surface area contributed by atoms with Gasteiger partial charge in [0.15, 0.2) is 5.43 Å². The number of esters is 1. The van der Waals surface area contributed by atoms with Crippen molar-refractivity contribution >= 4 is 23.0 Å². The predicted octanol–water partition coefficient (Wildman–Crippen LogP) is 3.97. The number of ether oxygens (including phenoxy) is 1. The molecule has 0 radical (unpaired) electrons. The maximum Gasteiger partial charge on any atom is 0.349 e. The Bertz CT molecular complexity index is 1080. The van der Waals surface area contributed by atoms with Crippen molar-refractivity contribution in [2.24, 2.45) is 0 Å². The van der Waals surface area contributed by atoms with Crippen molar-refractivity contribution < 1.29 is 13.9 Å². The first-order chi connectivity index (χ1) is 12.2. The molecular weight excluding hydrogens is 330 g/mol. The summed E-state index contributed by atoms with van der Waals surface area (Å²) in [4.78, 5) is 24.7. The van der Waals surface area contributed by atoms with E-state index in [1.165, 1.54) is 6.26 Å². The first-order valence-electron chi connectivity index (χ1n) is 8.29. The predicted molar refractivity (Wildman–Crippen MR) is 98.4 cm³/mol. The number of rotatable bonds is 2. The van der Waals surface area contributed by atoms with E-state index in [2.05, 4.69) is 0 Å². The number of hydrogen-bond donors (Lipinski definition) is 0. The van der Waals surface area contributed by atoms with E-state index < -0.39 is 11.6 Å². The fraction of sp³-hybridized carbons (Fsp3) is 0.286. The first-order valence-corrected chi connectivity index (χ1v) is 8.29. The molecule has 0 unspecified atom stereocenters. The Balaban J connectivity index is 2.07.